The number of carbonyl (C=O) groups is 1. The van der Waals surface area contributed by atoms with Gasteiger partial charge in [-0.1, -0.05) is 163 Å². The molecule has 0 fully saturated rings. The van der Waals surface area contributed by atoms with E-state index in [1.54, 1.807) is 0 Å². The Morgan fingerprint density at radius 2 is 1.03 bits per heavy atom. The van der Waals surface area contributed by atoms with Crippen LogP contribution in [0.1, 0.15) is 174 Å². The lowest BCUT2D eigenvalue weighted by Crippen LogP contribution is -2.32. The van der Waals surface area contributed by atoms with E-state index in [0.717, 1.165) is 29.5 Å². The van der Waals surface area contributed by atoms with Gasteiger partial charge < -0.3 is 15.0 Å². The predicted octanol–water partition coefficient (Wildman–Crippen LogP) is 9.55. The smallest absolute Gasteiger partial charge is 0.123 e. The highest BCUT2D eigenvalue weighted by atomic mass is 16.4. The van der Waals surface area contributed by atoms with Crippen LogP contribution in [0.2, 0.25) is 0 Å². The van der Waals surface area contributed by atoms with Gasteiger partial charge in [-0.2, -0.15) is 0 Å². The quantitative estimate of drug-likeness (QED) is 0.171. The van der Waals surface area contributed by atoms with Gasteiger partial charge in [-0.05, 0) is 40.4 Å². The van der Waals surface area contributed by atoms with Crippen LogP contribution in [0.25, 0.3) is 0 Å². The molecule has 0 heterocycles. The van der Waals surface area contributed by atoms with Crippen molar-refractivity contribution < 1.29 is 15.0 Å². The molecule has 0 amide bonds. The number of phenolic OH excluding ortho intramolecular Hbond substituents is 1. The molecule has 0 aliphatic heterocycles. The van der Waals surface area contributed by atoms with Gasteiger partial charge >= 0.3 is 0 Å². The van der Waals surface area contributed by atoms with Gasteiger partial charge in [0.2, 0.25) is 0 Å². The van der Waals surface area contributed by atoms with Gasteiger partial charge in [0.05, 0.1) is 0 Å². The van der Waals surface area contributed by atoms with Crippen LogP contribution in [-0.4, -0.2) is 11.1 Å². The van der Waals surface area contributed by atoms with Crippen LogP contribution in [0.4, 0.5) is 0 Å². The maximum absolute atomic E-state index is 12.0. The van der Waals surface area contributed by atoms with Crippen molar-refractivity contribution in [2.75, 3.05) is 0 Å². The number of unbranched alkanes of at least 4 members (excludes halogenated alkanes) is 15. The van der Waals surface area contributed by atoms with Crippen LogP contribution < -0.4 is 5.11 Å². The van der Waals surface area contributed by atoms with Gasteiger partial charge in [-0.25, -0.2) is 0 Å². The lowest BCUT2D eigenvalue weighted by atomic mass is 9.77. The number of hydrogen-bond donors (Lipinski definition) is 1. The van der Waals surface area contributed by atoms with E-state index in [1.807, 2.05) is 12.1 Å². The van der Waals surface area contributed by atoms with E-state index in [-0.39, 0.29) is 10.8 Å². The van der Waals surface area contributed by atoms with E-state index in [1.165, 1.54) is 89.9 Å². The fraction of sp³-hybridized carbons (Fsp3) is 0.800. The zero-order valence-corrected chi connectivity index (χ0v) is 26.2. The summed E-state index contributed by atoms with van der Waals surface area (Å²) in [5.41, 5.74) is 2.33. The molecule has 38 heavy (non-hydrogen) atoms. The third kappa shape index (κ3) is 14.0. The first-order valence-corrected chi connectivity index (χ1v) is 16.0. The average molecular weight is 530 g/mol. The molecule has 1 aromatic rings. The van der Waals surface area contributed by atoms with Crippen molar-refractivity contribution in [2.24, 2.45) is 5.92 Å². The maximum Gasteiger partial charge on any atom is 0.123 e. The zero-order valence-electron chi connectivity index (χ0n) is 26.2. The fourth-order valence-corrected chi connectivity index (χ4v) is 5.48. The molecule has 0 aromatic heterocycles. The molecule has 0 saturated heterocycles. The zero-order chi connectivity index (χ0) is 28.6. The van der Waals surface area contributed by atoms with Gasteiger partial charge in [-0.15, -0.1) is 0 Å². The predicted molar refractivity (Wildman–Crippen MR) is 162 cm³/mol. The number of aromatic hydroxyl groups is 1. The number of benzene rings is 1. The summed E-state index contributed by atoms with van der Waals surface area (Å²) in [7, 11) is 0. The molecular formula is C35H61O3-. The summed E-state index contributed by atoms with van der Waals surface area (Å²) in [5, 5.41) is 22.9. The summed E-state index contributed by atoms with van der Waals surface area (Å²) in [5.74, 6) is -1.09. The fourth-order valence-electron chi connectivity index (χ4n) is 5.48. The van der Waals surface area contributed by atoms with E-state index in [4.69, 9.17) is 0 Å². The number of phenols is 1. The summed E-state index contributed by atoms with van der Waals surface area (Å²) in [4.78, 5) is 12.0. The normalized spacial score (nSPS) is 13.1. The van der Waals surface area contributed by atoms with Crippen LogP contribution in [0, 0.1) is 5.92 Å². The number of carbonyl (C=O) groups excluding carboxylic acids is 1. The molecule has 0 aliphatic carbocycles. The molecule has 1 N–H and O–H groups in total. The Bertz CT molecular complexity index is 746. The molecule has 220 valence electrons. The van der Waals surface area contributed by atoms with Crippen molar-refractivity contribution in [3.05, 3.63) is 28.8 Å². The summed E-state index contributed by atoms with van der Waals surface area (Å²) in [6, 6.07) is 4.02. The minimum atomic E-state index is -0.950. The summed E-state index contributed by atoms with van der Waals surface area (Å²) in [6.07, 6.45) is 22.2. The third-order valence-electron chi connectivity index (χ3n) is 8.01. The Hall–Kier alpha value is -1.51. The summed E-state index contributed by atoms with van der Waals surface area (Å²) in [6.45, 7) is 14.8. The molecule has 0 bridgehead atoms. The second-order valence-electron chi connectivity index (χ2n) is 13.9. The Kier molecular flexibility index (Phi) is 16.3. The largest absolute Gasteiger partial charge is 0.550 e. The maximum atomic E-state index is 12.0. The first-order chi connectivity index (χ1) is 17.9. The third-order valence-corrected chi connectivity index (χ3v) is 8.01. The molecule has 1 atom stereocenters. The van der Waals surface area contributed by atoms with Crippen molar-refractivity contribution in [3.63, 3.8) is 0 Å². The molecule has 1 aromatic carbocycles. The van der Waals surface area contributed by atoms with Crippen LogP contribution in [0.15, 0.2) is 12.1 Å². The lowest BCUT2D eigenvalue weighted by Gasteiger charge is -2.29. The van der Waals surface area contributed by atoms with Crippen molar-refractivity contribution in [1.29, 1.82) is 0 Å². The van der Waals surface area contributed by atoms with Gasteiger partial charge in [0, 0.05) is 11.9 Å². The Morgan fingerprint density at radius 3 is 1.34 bits per heavy atom. The van der Waals surface area contributed by atoms with Gasteiger partial charge in [0.25, 0.3) is 0 Å². The Labute approximate surface area is 236 Å². The summed E-state index contributed by atoms with van der Waals surface area (Å²) >= 11 is 0. The molecule has 3 heteroatoms. The monoisotopic (exact) mass is 529 g/mol. The van der Waals surface area contributed by atoms with E-state index in [2.05, 4.69) is 48.5 Å². The lowest BCUT2D eigenvalue weighted by molar-refractivity contribution is -0.311. The topological polar surface area (TPSA) is 60.4 Å². The highest BCUT2D eigenvalue weighted by Crippen LogP contribution is 2.40. The van der Waals surface area contributed by atoms with Crippen LogP contribution in [0.5, 0.6) is 5.75 Å². The van der Waals surface area contributed by atoms with E-state index < -0.39 is 11.9 Å². The molecule has 0 radical (unpaired) electrons. The highest BCUT2D eigenvalue weighted by molar-refractivity contribution is 5.68. The minimum Gasteiger partial charge on any atom is -0.550 e. The first kappa shape index (κ1) is 34.5. The summed E-state index contributed by atoms with van der Waals surface area (Å²) < 4.78 is 0. The Balaban J connectivity index is 2.35. The average Bonchev–Trinajstić information content (AvgIpc) is 2.82. The number of aliphatic carboxylic acids is 1. The van der Waals surface area contributed by atoms with E-state index in [9.17, 15) is 15.0 Å². The van der Waals surface area contributed by atoms with Crippen molar-refractivity contribution >= 4 is 5.97 Å². The second-order valence-corrected chi connectivity index (χ2v) is 13.9. The van der Waals surface area contributed by atoms with Gasteiger partial charge in [0.15, 0.2) is 0 Å². The first-order valence-electron chi connectivity index (χ1n) is 16.0. The Morgan fingerprint density at radius 1 is 0.684 bits per heavy atom. The molecule has 0 spiro atoms. The van der Waals surface area contributed by atoms with E-state index in [0.29, 0.717) is 18.6 Å². The van der Waals surface area contributed by atoms with Crippen LogP contribution >= 0.6 is 0 Å². The minimum absolute atomic E-state index is 0.217. The number of carboxylic acids is 1. The highest BCUT2D eigenvalue weighted by Gasteiger charge is 2.27. The molecule has 0 saturated carbocycles. The standard InChI is InChI=1S/C35H62O3/c1-8-9-10-11-12-13-14-15-16-17-18-19-20-21-22-23-24-29(33(37)38)25-28-26-30(34(2,3)4)32(36)31(27-28)35(5,6)7/h26-27,29,36H,8-25H2,1-7H3,(H,37,38)/p-1. The van der Waals surface area contributed by atoms with Crippen LogP contribution in [0.3, 0.4) is 0 Å². The van der Waals surface area contributed by atoms with Crippen molar-refractivity contribution in [1.82, 2.24) is 0 Å². The van der Waals surface area contributed by atoms with E-state index >= 15 is 0 Å². The SMILES string of the molecule is CCCCCCCCCCCCCCCCCCC(Cc1cc(C(C)(C)C)c(O)c(C(C)(C)C)c1)C(=O)[O-]. The molecule has 1 unspecified atom stereocenters. The number of rotatable bonds is 20. The molecule has 0 aliphatic rings. The second kappa shape index (κ2) is 18.0. The van der Waals surface area contributed by atoms with Crippen molar-refractivity contribution in [3.8, 4) is 5.75 Å². The van der Waals surface area contributed by atoms with Gasteiger partial charge in [-0.3, -0.25) is 0 Å². The van der Waals surface area contributed by atoms with Crippen LogP contribution in [-0.2, 0) is 22.0 Å². The molecule has 1 rings (SSSR count). The van der Waals surface area contributed by atoms with Gasteiger partial charge in [0.1, 0.15) is 5.75 Å². The molecular weight excluding hydrogens is 468 g/mol. The number of hydrogen-bond acceptors (Lipinski definition) is 3. The number of carboxylic acid groups (broad SMARTS) is 1. The van der Waals surface area contributed by atoms with Crippen molar-refractivity contribution in [2.45, 2.75) is 175 Å². The molecule has 3 nitrogen and oxygen atoms in total.